The van der Waals surface area contributed by atoms with Crippen molar-refractivity contribution in [3.05, 3.63) is 33.3 Å². The molecule has 32 heavy (non-hydrogen) atoms. The molecule has 1 aliphatic rings. The number of halogens is 1. The molecule has 2 rings (SSSR count). The fourth-order valence-corrected chi connectivity index (χ4v) is 4.19. The predicted octanol–water partition coefficient (Wildman–Crippen LogP) is 2.53. The zero-order valence-electron chi connectivity index (χ0n) is 17.1. The number of pyridine rings is 1. The van der Waals surface area contributed by atoms with Crippen LogP contribution in [0.25, 0.3) is 10.4 Å². The lowest BCUT2D eigenvalue weighted by Crippen LogP contribution is -2.59. The maximum Gasteiger partial charge on any atom is 0.303 e. The number of azide groups is 1. The van der Waals surface area contributed by atoms with E-state index in [4.69, 9.17) is 41.3 Å². The molecule has 1 fully saturated rings. The SMILES string of the molecule is CC(=O)OC[C@H]1O[C@H](Sc2cc(Cl)c(C#N)cn2)[C@H](OC(C)=O)[C@@H](N=[N+]=[N-])[C@H]1OC(C)=O. The minimum atomic E-state index is -1.21. The first kappa shape index (κ1) is 25.2. The number of nitriles is 1. The maximum absolute atomic E-state index is 11.8. The van der Waals surface area contributed by atoms with Gasteiger partial charge in [-0.2, -0.15) is 5.26 Å². The number of carbonyl (C=O) groups is 3. The fraction of sp³-hybridized carbons (Fsp3) is 0.500. The summed E-state index contributed by atoms with van der Waals surface area (Å²) in [6.45, 7) is 3.15. The van der Waals surface area contributed by atoms with E-state index >= 15 is 0 Å². The predicted molar refractivity (Wildman–Crippen MR) is 109 cm³/mol. The van der Waals surface area contributed by atoms with Crippen LogP contribution in [0.2, 0.25) is 5.02 Å². The van der Waals surface area contributed by atoms with Crippen LogP contribution in [0.5, 0.6) is 0 Å². The first-order valence-corrected chi connectivity index (χ1v) is 10.3. The van der Waals surface area contributed by atoms with Crippen LogP contribution in [0.4, 0.5) is 0 Å². The molecule has 14 heteroatoms. The Morgan fingerprint density at radius 2 is 1.94 bits per heavy atom. The van der Waals surface area contributed by atoms with Crippen molar-refractivity contribution in [1.29, 1.82) is 5.26 Å². The molecule has 1 aromatic rings. The van der Waals surface area contributed by atoms with Crippen molar-refractivity contribution in [3.8, 4) is 6.07 Å². The van der Waals surface area contributed by atoms with Crippen molar-refractivity contribution in [2.24, 2.45) is 5.11 Å². The Balaban J connectivity index is 2.46. The molecule has 0 amide bonds. The number of hydrogen-bond acceptors (Lipinski definition) is 11. The number of esters is 3. The molecule has 0 N–H and O–H groups in total. The lowest BCUT2D eigenvalue weighted by Gasteiger charge is -2.43. The molecule has 0 bridgehead atoms. The molecule has 12 nitrogen and oxygen atoms in total. The Morgan fingerprint density at radius 1 is 1.28 bits per heavy atom. The molecule has 170 valence electrons. The van der Waals surface area contributed by atoms with Gasteiger partial charge in [-0.25, -0.2) is 4.98 Å². The molecular weight excluding hydrogens is 466 g/mol. The highest BCUT2D eigenvalue weighted by Crippen LogP contribution is 2.37. The minimum Gasteiger partial charge on any atom is -0.463 e. The zero-order valence-corrected chi connectivity index (χ0v) is 18.7. The molecule has 0 spiro atoms. The smallest absolute Gasteiger partial charge is 0.303 e. The summed E-state index contributed by atoms with van der Waals surface area (Å²) < 4.78 is 21.6. The summed E-state index contributed by atoms with van der Waals surface area (Å²) in [5, 5.41) is 13.1. The van der Waals surface area contributed by atoms with Crippen molar-refractivity contribution in [3.63, 3.8) is 0 Å². The van der Waals surface area contributed by atoms with E-state index in [0.717, 1.165) is 25.6 Å². The zero-order chi connectivity index (χ0) is 23.8. The summed E-state index contributed by atoms with van der Waals surface area (Å²) in [7, 11) is 0. The molecule has 0 saturated carbocycles. The van der Waals surface area contributed by atoms with Crippen LogP contribution in [0.3, 0.4) is 0 Å². The molecule has 1 aromatic heterocycles. The third-order valence-electron chi connectivity index (χ3n) is 4.04. The van der Waals surface area contributed by atoms with Crippen LogP contribution in [-0.2, 0) is 33.3 Å². The van der Waals surface area contributed by atoms with E-state index in [9.17, 15) is 14.4 Å². The van der Waals surface area contributed by atoms with Gasteiger partial charge in [-0.15, -0.1) is 0 Å². The second kappa shape index (κ2) is 11.5. The summed E-state index contributed by atoms with van der Waals surface area (Å²) >= 11 is 7.02. The minimum absolute atomic E-state index is 0.144. The average Bonchev–Trinajstić information content (AvgIpc) is 2.70. The number of carbonyl (C=O) groups excluding carboxylic acids is 3. The number of nitrogens with zero attached hydrogens (tertiary/aromatic N) is 5. The highest BCUT2D eigenvalue weighted by atomic mass is 35.5. The third kappa shape index (κ3) is 6.73. The van der Waals surface area contributed by atoms with E-state index < -0.39 is 47.7 Å². The monoisotopic (exact) mass is 483 g/mol. The van der Waals surface area contributed by atoms with Crippen molar-refractivity contribution in [2.75, 3.05) is 6.61 Å². The molecule has 0 aromatic carbocycles. The first-order chi connectivity index (χ1) is 15.2. The van der Waals surface area contributed by atoms with Crippen LogP contribution in [0, 0.1) is 11.3 Å². The van der Waals surface area contributed by atoms with Crippen molar-refractivity contribution in [2.45, 2.75) is 55.6 Å². The van der Waals surface area contributed by atoms with Gasteiger partial charge in [0.1, 0.15) is 47.5 Å². The van der Waals surface area contributed by atoms with Gasteiger partial charge in [0.25, 0.3) is 0 Å². The first-order valence-electron chi connectivity index (χ1n) is 9.06. The molecule has 0 unspecified atom stereocenters. The second-order valence-corrected chi connectivity index (χ2v) is 7.95. The van der Waals surface area contributed by atoms with Gasteiger partial charge >= 0.3 is 17.9 Å². The van der Waals surface area contributed by atoms with E-state index in [1.807, 2.05) is 6.07 Å². The van der Waals surface area contributed by atoms with Gasteiger partial charge < -0.3 is 18.9 Å². The quantitative estimate of drug-likeness (QED) is 0.184. The summed E-state index contributed by atoms with van der Waals surface area (Å²) in [5.74, 6) is -2.02. The average molecular weight is 484 g/mol. The molecule has 5 atom stereocenters. The van der Waals surface area contributed by atoms with E-state index in [1.165, 1.54) is 19.2 Å². The van der Waals surface area contributed by atoms with Gasteiger partial charge in [-0.05, 0) is 11.6 Å². The van der Waals surface area contributed by atoms with Crippen LogP contribution in [0.1, 0.15) is 26.3 Å². The molecule has 1 saturated heterocycles. The van der Waals surface area contributed by atoms with Gasteiger partial charge in [0, 0.05) is 31.9 Å². The van der Waals surface area contributed by atoms with Crippen LogP contribution in [0.15, 0.2) is 22.4 Å². The molecule has 1 aliphatic heterocycles. The van der Waals surface area contributed by atoms with Crippen LogP contribution in [-0.4, -0.2) is 59.3 Å². The molecule has 2 heterocycles. The third-order valence-corrected chi connectivity index (χ3v) is 5.43. The number of rotatable bonds is 7. The highest BCUT2D eigenvalue weighted by Gasteiger charge is 2.50. The Bertz CT molecular complexity index is 981. The molecule has 0 aliphatic carbocycles. The Labute approximate surface area is 191 Å². The fourth-order valence-electron chi connectivity index (χ4n) is 2.85. The molecule has 0 radical (unpaired) electrons. The lowest BCUT2D eigenvalue weighted by molar-refractivity contribution is -0.201. The van der Waals surface area contributed by atoms with Crippen LogP contribution >= 0.6 is 23.4 Å². The van der Waals surface area contributed by atoms with E-state index in [2.05, 4.69) is 15.0 Å². The normalized spacial score (nSPS) is 24.4. The Morgan fingerprint density at radius 3 is 2.47 bits per heavy atom. The Hall–Kier alpha value is -3.04. The summed E-state index contributed by atoms with van der Waals surface area (Å²) in [4.78, 5) is 41.6. The van der Waals surface area contributed by atoms with Gasteiger partial charge in [0.15, 0.2) is 0 Å². The standard InChI is InChI=1S/C18H18ClN5O7S/c1-8(25)28-7-13-16(29-9(2)26)15(23-24-21)17(30-10(3)27)18(31-13)32-14-4-12(19)11(5-20)6-22-14/h4,6,13,15-18H,7H2,1-3H3/t13-,15+,16+,17-,18-/m1/s1. The van der Waals surface area contributed by atoms with Crippen molar-refractivity contribution < 1.29 is 33.3 Å². The number of thioether (sulfide) groups is 1. The van der Waals surface area contributed by atoms with Crippen LogP contribution < -0.4 is 0 Å². The number of ether oxygens (including phenoxy) is 4. The Kier molecular flexibility index (Phi) is 9.10. The number of aromatic nitrogens is 1. The van der Waals surface area contributed by atoms with E-state index in [1.54, 1.807) is 0 Å². The maximum atomic E-state index is 11.8. The second-order valence-electron chi connectivity index (χ2n) is 6.42. The topological polar surface area (TPSA) is 174 Å². The summed E-state index contributed by atoms with van der Waals surface area (Å²) in [5.41, 5.74) is 8.22. The molecular formula is C18H18ClN5O7S. The van der Waals surface area contributed by atoms with Crippen molar-refractivity contribution in [1.82, 2.24) is 4.98 Å². The summed E-state index contributed by atoms with van der Waals surface area (Å²) in [6, 6.07) is 2.10. The van der Waals surface area contributed by atoms with E-state index in [0.29, 0.717) is 5.03 Å². The number of hydrogen-bond donors (Lipinski definition) is 0. The van der Waals surface area contributed by atoms with Gasteiger partial charge in [0.05, 0.1) is 10.6 Å². The lowest BCUT2D eigenvalue weighted by atomic mass is 9.97. The van der Waals surface area contributed by atoms with Crippen molar-refractivity contribution >= 4 is 41.3 Å². The highest BCUT2D eigenvalue weighted by molar-refractivity contribution is 7.99. The largest absolute Gasteiger partial charge is 0.463 e. The van der Waals surface area contributed by atoms with Gasteiger partial charge in [-0.1, -0.05) is 28.5 Å². The van der Waals surface area contributed by atoms with Gasteiger partial charge in [0.2, 0.25) is 0 Å². The summed E-state index contributed by atoms with van der Waals surface area (Å²) in [6.07, 6.45) is -2.18. The van der Waals surface area contributed by atoms with E-state index in [-0.39, 0.29) is 17.2 Å². The van der Waals surface area contributed by atoms with Gasteiger partial charge in [-0.3, -0.25) is 14.4 Å².